The molecule has 1 saturated heterocycles. The van der Waals surface area contributed by atoms with Gasteiger partial charge in [-0.25, -0.2) is 4.39 Å². The summed E-state index contributed by atoms with van der Waals surface area (Å²) in [6.07, 6.45) is 1.01. The molecule has 1 fully saturated rings. The van der Waals surface area contributed by atoms with Gasteiger partial charge in [0, 0.05) is 26.1 Å². The fourth-order valence-electron chi connectivity index (χ4n) is 3.43. The number of amides is 1. The number of aryl methyl sites for hydroxylation is 2. The van der Waals surface area contributed by atoms with Crippen LogP contribution >= 0.6 is 0 Å². The molecule has 2 aromatic carbocycles. The molecule has 0 bridgehead atoms. The Kier molecular flexibility index (Phi) is 6.96. The monoisotopic (exact) mass is 370 g/mol. The first-order valence-corrected chi connectivity index (χ1v) is 9.51. The van der Waals surface area contributed by atoms with E-state index in [-0.39, 0.29) is 17.8 Å². The molecule has 2 aromatic rings. The lowest BCUT2D eigenvalue weighted by atomic mass is 10.0. The second kappa shape index (κ2) is 9.62. The van der Waals surface area contributed by atoms with Crippen LogP contribution in [0.3, 0.4) is 0 Å². The van der Waals surface area contributed by atoms with E-state index in [9.17, 15) is 9.18 Å². The maximum atomic E-state index is 13.0. The minimum absolute atomic E-state index is 0.0187. The molecule has 1 unspecified atom stereocenters. The zero-order valence-corrected chi connectivity index (χ0v) is 15.8. The highest BCUT2D eigenvalue weighted by Crippen LogP contribution is 2.22. The van der Waals surface area contributed by atoms with Crippen LogP contribution in [0.15, 0.2) is 48.5 Å². The molecule has 0 aromatic heterocycles. The van der Waals surface area contributed by atoms with Crippen molar-refractivity contribution in [3.8, 4) is 0 Å². The van der Waals surface area contributed by atoms with E-state index in [1.807, 2.05) is 0 Å². The number of rotatable bonds is 7. The van der Waals surface area contributed by atoms with Gasteiger partial charge in [-0.05, 0) is 36.6 Å². The van der Waals surface area contributed by atoms with Crippen LogP contribution in [0.4, 0.5) is 4.39 Å². The first-order valence-electron chi connectivity index (χ1n) is 9.51. The number of hydrogen-bond donors (Lipinski definition) is 1. The normalized spacial score (nSPS) is 16.1. The third-order valence-corrected chi connectivity index (χ3v) is 4.96. The van der Waals surface area contributed by atoms with Gasteiger partial charge < -0.3 is 10.1 Å². The van der Waals surface area contributed by atoms with E-state index in [1.165, 1.54) is 23.3 Å². The number of morpholine rings is 1. The number of hydrogen-bond acceptors (Lipinski definition) is 3. The first-order chi connectivity index (χ1) is 13.1. The molecule has 1 aliphatic heterocycles. The van der Waals surface area contributed by atoms with Crippen molar-refractivity contribution in [1.82, 2.24) is 10.2 Å². The Labute approximate surface area is 160 Å². The molecule has 1 N–H and O–H groups in total. The molecule has 1 amide bonds. The molecule has 1 atom stereocenters. The fraction of sp³-hybridized carbons (Fsp3) is 0.409. The standard InChI is InChI=1S/C22H27FN2O2/c1-17-3-2-4-19(15-17)21(25-11-13-27-14-12-25)16-24-22(26)10-7-18-5-8-20(23)9-6-18/h2-6,8-9,15,21H,7,10-14,16H2,1H3,(H,24,26). The van der Waals surface area contributed by atoms with E-state index >= 15 is 0 Å². The van der Waals surface area contributed by atoms with Crippen LogP contribution in [0.1, 0.15) is 29.2 Å². The summed E-state index contributed by atoms with van der Waals surface area (Å²) in [7, 11) is 0. The summed E-state index contributed by atoms with van der Waals surface area (Å²) < 4.78 is 18.4. The van der Waals surface area contributed by atoms with Gasteiger partial charge in [0.05, 0.1) is 19.3 Å². The molecule has 5 heteroatoms. The van der Waals surface area contributed by atoms with Gasteiger partial charge in [-0.1, -0.05) is 42.0 Å². The molecule has 0 aliphatic carbocycles. The molecule has 0 saturated carbocycles. The van der Waals surface area contributed by atoms with E-state index in [0.29, 0.717) is 19.4 Å². The third-order valence-electron chi connectivity index (χ3n) is 4.96. The third kappa shape index (κ3) is 5.88. The highest BCUT2D eigenvalue weighted by atomic mass is 19.1. The molecule has 1 heterocycles. The van der Waals surface area contributed by atoms with Crippen LogP contribution in [-0.2, 0) is 16.0 Å². The predicted molar refractivity (Wildman–Crippen MR) is 104 cm³/mol. The molecule has 27 heavy (non-hydrogen) atoms. The Morgan fingerprint density at radius 3 is 2.63 bits per heavy atom. The molecular formula is C22H27FN2O2. The summed E-state index contributed by atoms with van der Waals surface area (Å²) in [5.74, 6) is -0.236. The minimum atomic E-state index is -0.255. The van der Waals surface area contributed by atoms with Gasteiger partial charge in [-0.2, -0.15) is 0 Å². The molecule has 1 aliphatic rings. The summed E-state index contributed by atoms with van der Waals surface area (Å²) in [5, 5.41) is 3.08. The fourth-order valence-corrected chi connectivity index (χ4v) is 3.43. The lowest BCUT2D eigenvalue weighted by Gasteiger charge is -2.35. The average molecular weight is 370 g/mol. The van der Waals surface area contributed by atoms with E-state index in [2.05, 4.69) is 41.4 Å². The van der Waals surface area contributed by atoms with Crippen LogP contribution < -0.4 is 5.32 Å². The zero-order valence-electron chi connectivity index (χ0n) is 15.8. The lowest BCUT2D eigenvalue weighted by molar-refractivity contribution is -0.121. The Balaban J connectivity index is 1.58. The van der Waals surface area contributed by atoms with Crippen molar-refractivity contribution in [1.29, 1.82) is 0 Å². The van der Waals surface area contributed by atoms with Gasteiger partial charge in [-0.15, -0.1) is 0 Å². The van der Waals surface area contributed by atoms with Gasteiger partial charge in [0.15, 0.2) is 0 Å². The van der Waals surface area contributed by atoms with Crippen molar-refractivity contribution in [2.45, 2.75) is 25.8 Å². The van der Waals surface area contributed by atoms with Crippen molar-refractivity contribution < 1.29 is 13.9 Å². The molecule has 0 radical (unpaired) electrons. The number of halogens is 1. The van der Waals surface area contributed by atoms with Gasteiger partial charge in [-0.3, -0.25) is 9.69 Å². The molecule has 0 spiro atoms. The predicted octanol–water partition coefficient (Wildman–Crippen LogP) is 3.26. The highest BCUT2D eigenvalue weighted by molar-refractivity contribution is 5.76. The Bertz CT molecular complexity index is 742. The van der Waals surface area contributed by atoms with E-state index in [4.69, 9.17) is 4.74 Å². The van der Waals surface area contributed by atoms with Crippen molar-refractivity contribution in [3.05, 3.63) is 71.0 Å². The Hall–Kier alpha value is -2.24. The number of carbonyl (C=O) groups excluding carboxylic acids is 1. The number of ether oxygens (including phenoxy) is 1. The summed E-state index contributed by atoms with van der Waals surface area (Å²) in [6, 6.07) is 14.9. The van der Waals surface area contributed by atoms with Gasteiger partial charge in [0.1, 0.15) is 5.82 Å². The smallest absolute Gasteiger partial charge is 0.220 e. The van der Waals surface area contributed by atoms with Crippen LogP contribution in [0.5, 0.6) is 0 Å². The van der Waals surface area contributed by atoms with Crippen molar-refractivity contribution in [2.24, 2.45) is 0 Å². The number of nitrogens with zero attached hydrogens (tertiary/aromatic N) is 1. The van der Waals surface area contributed by atoms with Gasteiger partial charge in [0.2, 0.25) is 5.91 Å². The van der Waals surface area contributed by atoms with E-state index < -0.39 is 0 Å². The van der Waals surface area contributed by atoms with Gasteiger partial charge in [0.25, 0.3) is 0 Å². The van der Waals surface area contributed by atoms with Crippen molar-refractivity contribution in [2.75, 3.05) is 32.8 Å². The summed E-state index contributed by atoms with van der Waals surface area (Å²) in [5.41, 5.74) is 3.40. The number of benzene rings is 2. The number of carbonyl (C=O) groups is 1. The number of nitrogens with one attached hydrogen (secondary N) is 1. The van der Waals surface area contributed by atoms with Crippen molar-refractivity contribution >= 4 is 5.91 Å². The highest BCUT2D eigenvalue weighted by Gasteiger charge is 2.23. The van der Waals surface area contributed by atoms with Crippen LogP contribution in [0, 0.1) is 12.7 Å². The molecule has 4 nitrogen and oxygen atoms in total. The lowest BCUT2D eigenvalue weighted by Crippen LogP contribution is -2.43. The van der Waals surface area contributed by atoms with E-state index in [1.54, 1.807) is 12.1 Å². The molecule has 144 valence electrons. The zero-order chi connectivity index (χ0) is 19.1. The Morgan fingerprint density at radius 2 is 1.93 bits per heavy atom. The molecule has 3 rings (SSSR count). The average Bonchev–Trinajstić information content (AvgIpc) is 2.69. The van der Waals surface area contributed by atoms with Crippen LogP contribution in [-0.4, -0.2) is 43.7 Å². The summed E-state index contributed by atoms with van der Waals surface area (Å²) in [6.45, 7) is 5.84. The molecular weight excluding hydrogens is 343 g/mol. The maximum Gasteiger partial charge on any atom is 0.220 e. The summed E-state index contributed by atoms with van der Waals surface area (Å²) >= 11 is 0. The maximum absolute atomic E-state index is 13.0. The topological polar surface area (TPSA) is 41.6 Å². The van der Waals surface area contributed by atoms with Crippen LogP contribution in [0.2, 0.25) is 0 Å². The Morgan fingerprint density at radius 1 is 1.19 bits per heavy atom. The second-order valence-corrected chi connectivity index (χ2v) is 7.01. The second-order valence-electron chi connectivity index (χ2n) is 7.01. The SMILES string of the molecule is Cc1cccc(C(CNC(=O)CCc2ccc(F)cc2)N2CCOCC2)c1. The first kappa shape index (κ1) is 19.5. The van der Waals surface area contributed by atoms with Crippen LogP contribution in [0.25, 0.3) is 0 Å². The minimum Gasteiger partial charge on any atom is -0.379 e. The van der Waals surface area contributed by atoms with E-state index in [0.717, 1.165) is 31.9 Å². The van der Waals surface area contributed by atoms with Gasteiger partial charge >= 0.3 is 0 Å². The largest absolute Gasteiger partial charge is 0.379 e. The summed E-state index contributed by atoms with van der Waals surface area (Å²) in [4.78, 5) is 14.7. The van der Waals surface area contributed by atoms with Crippen molar-refractivity contribution in [3.63, 3.8) is 0 Å². The quantitative estimate of drug-likeness (QED) is 0.813.